The van der Waals surface area contributed by atoms with E-state index < -0.39 is 24.0 Å². The lowest BCUT2D eigenvalue weighted by molar-refractivity contribution is -0.140. The van der Waals surface area contributed by atoms with Crippen LogP contribution >= 0.6 is 0 Å². The van der Waals surface area contributed by atoms with Gasteiger partial charge in [0.1, 0.15) is 12.1 Å². The molecule has 0 unspecified atom stereocenters. The van der Waals surface area contributed by atoms with Crippen molar-refractivity contribution in [3.63, 3.8) is 0 Å². The van der Waals surface area contributed by atoms with E-state index in [2.05, 4.69) is 10.6 Å². The maximum Gasteiger partial charge on any atom is 0.325 e. The number of hydrogen-bond donors (Lipinski definition) is 4. The first-order valence-electron chi connectivity index (χ1n) is 8.62. The molecule has 0 aliphatic heterocycles. The second-order valence-electron chi connectivity index (χ2n) is 5.98. The fourth-order valence-corrected chi connectivity index (χ4v) is 2.73. The van der Waals surface area contributed by atoms with E-state index in [0.717, 1.165) is 12.8 Å². The number of carbonyl (C=O) groups is 2. The van der Waals surface area contributed by atoms with Crippen molar-refractivity contribution in [3.8, 4) is 0 Å². The van der Waals surface area contributed by atoms with E-state index in [9.17, 15) is 19.8 Å². The maximum atomic E-state index is 11.4. The lowest BCUT2D eigenvalue weighted by atomic mass is 10.1. The van der Waals surface area contributed by atoms with E-state index >= 15 is 0 Å². The highest BCUT2D eigenvalue weighted by molar-refractivity contribution is 5.76. The Labute approximate surface area is 152 Å². The summed E-state index contributed by atoms with van der Waals surface area (Å²) < 4.78 is 0. The molecule has 6 nitrogen and oxygen atoms in total. The Kier molecular flexibility index (Phi) is 7.79. The molecule has 2 aromatic rings. The predicted octanol–water partition coefficient (Wildman–Crippen LogP) is 2.60. The van der Waals surface area contributed by atoms with Crippen LogP contribution in [0.1, 0.15) is 36.1 Å². The second kappa shape index (κ2) is 10.3. The molecular formula is C20H24N2O4. The second-order valence-corrected chi connectivity index (χ2v) is 5.98. The van der Waals surface area contributed by atoms with Crippen molar-refractivity contribution >= 4 is 11.9 Å². The Hall–Kier alpha value is -2.70. The maximum absolute atomic E-state index is 11.4. The topological polar surface area (TPSA) is 98.7 Å². The number of aliphatic carboxylic acids is 2. The SMILES string of the molecule is O=C(O)[C@@H](NCCCCN[C@H](C(=O)O)c1ccccc1)c1ccccc1. The van der Waals surface area contributed by atoms with Gasteiger partial charge in [-0.05, 0) is 37.1 Å². The zero-order valence-electron chi connectivity index (χ0n) is 14.5. The van der Waals surface area contributed by atoms with Crippen LogP contribution in [0.15, 0.2) is 60.7 Å². The summed E-state index contributed by atoms with van der Waals surface area (Å²) in [5.41, 5.74) is 1.43. The normalized spacial score (nSPS) is 13.1. The van der Waals surface area contributed by atoms with Crippen LogP contribution in [0.2, 0.25) is 0 Å². The number of benzene rings is 2. The van der Waals surface area contributed by atoms with Gasteiger partial charge in [0.15, 0.2) is 0 Å². The molecular weight excluding hydrogens is 332 g/mol. The van der Waals surface area contributed by atoms with E-state index in [0.29, 0.717) is 24.2 Å². The molecule has 0 spiro atoms. The molecule has 0 radical (unpaired) electrons. The monoisotopic (exact) mass is 356 g/mol. The molecule has 26 heavy (non-hydrogen) atoms. The van der Waals surface area contributed by atoms with Gasteiger partial charge in [0, 0.05) is 0 Å². The molecule has 138 valence electrons. The van der Waals surface area contributed by atoms with E-state index in [-0.39, 0.29) is 0 Å². The third kappa shape index (κ3) is 5.98. The minimum absolute atomic E-state index is 0.538. The molecule has 0 amide bonds. The van der Waals surface area contributed by atoms with Crippen molar-refractivity contribution in [2.75, 3.05) is 13.1 Å². The summed E-state index contributed by atoms with van der Waals surface area (Å²) in [7, 11) is 0. The molecule has 2 rings (SSSR count). The van der Waals surface area contributed by atoms with Crippen molar-refractivity contribution in [3.05, 3.63) is 71.8 Å². The molecule has 0 aliphatic rings. The zero-order chi connectivity index (χ0) is 18.8. The predicted molar refractivity (Wildman–Crippen MR) is 98.9 cm³/mol. The minimum Gasteiger partial charge on any atom is -0.480 e. The van der Waals surface area contributed by atoms with Gasteiger partial charge >= 0.3 is 11.9 Å². The number of unbranched alkanes of at least 4 members (excludes halogenated alkanes) is 1. The number of hydrogen-bond acceptors (Lipinski definition) is 4. The first-order valence-corrected chi connectivity index (χ1v) is 8.62. The third-order valence-electron chi connectivity index (χ3n) is 4.06. The summed E-state index contributed by atoms with van der Waals surface area (Å²) in [5.74, 6) is -1.83. The van der Waals surface area contributed by atoms with Gasteiger partial charge in [-0.15, -0.1) is 0 Å². The molecule has 2 atom stereocenters. The van der Waals surface area contributed by atoms with Gasteiger partial charge in [-0.2, -0.15) is 0 Å². The largest absolute Gasteiger partial charge is 0.480 e. The highest BCUT2D eigenvalue weighted by Crippen LogP contribution is 2.14. The highest BCUT2D eigenvalue weighted by atomic mass is 16.4. The fraction of sp³-hybridized carbons (Fsp3) is 0.300. The average Bonchev–Trinajstić information content (AvgIpc) is 2.65. The lowest BCUT2D eigenvalue weighted by Crippen LogP contribution is -2.31. The van der Waals surface area contributed by atoms with Gasteiger partial charge in [0.05, 0.1) is 0 Å². The molecule has 0 aliphatic carbocycles. The third-order valence-corrected chi connectivity index (χ3v) is 4.06. The van der Waals surface area contributed by atoms with E-state index in [1.165, 1.54) is 0 Å². The fourth-order valence-electron chi connectivity index (χ4n) is 2.73. The smallest absolute Gasteiger partial charge is 0.325 e. The van der Waals surface area contributed by atoms with Crippen LogP contribution in [0.5, 0.6) is 0 Å². The average molecular weight is 356 g/mol. The molecule has 0 saturated heterocycles. The van der Waals surface area contributed by atoms with E-state index in [1.807, 2.05) is 36.4 Å². The molecule has 0 bridgehead atoms. The van der Waals surface area contributed by atoms with Crippen LogP contribution in [0.25, 0.3) is 0 Å². The van der Waals surface area contributed by atoms with Gasteiger partial charge in [-0.3, -0.25) is 9.59 Å². The summed E-state index contributed by atoms with van der Waals surface area (Å²) in [6, 6.07) is 16.6. The number of rotatable bonds is 11. The Morgan fingerprint density at radius 2 is 1.04 bits per heavy atom. The van der Waals surface area contributed by atoms with Crippen LogP contribution in [-0.4, -0.2) is 35.2 Å². The molecule has 0 heterocycles. The molecule has 0 aromatic heterocycles. The van der Waals surface area contributed by atoms with E-state index in [1.54, 1.807) is 24.3 Å². The van der Waals surface area contributed by atoms with Crippen LogP contribution in [0.3, 0.4) is 0 Å². The van der Waals surface area contributed by atoms with Gasteiger partial charge in [0.25, 0.3) is 0 Å². The van der Waals surface area contributed by atoms with Crippen molar-refractivity contribution in [1.82, 2.24) is 10.6 Å². The van der Waals surface area contributed by atoms with Crippen molar-refractivity contribution in [2.24, 2.45) is 0 Å². The number of nitrogens with one attached hydrogen (secondary N) is 2. The molecule has 0 saturated carbocycles. The Morgan fingerprint density at radius 3 is 1.35 bits per heavy atom. The summed E-state index contributed by atoms with van der Waals surface area (Å²) >= 11 is 0. The summed E-state index contributed by atoms with van der Waals surface area (Å²) in [5, 5.41) is 24.8. The van der Waals surface area contributed by atoms with Gasteiger partial charge in [0.2, 0.25) is 0 Å². The summed E-state index contributed by atoms with van der Waals surface area (Å²) in [4.78, 5) is 22.8. The Bertz CT molecular complexity index is 630. The number of carboxylic acids is 2. The Balaban J connectivity index is 1.74. The molecule has 6 heteroatoms. The van der Waals surface area contributed by atoms with Crippen molar-refractivity contribution < 1.29 is 19.8 Å². The van der Waals surface area contributed by atoms with Gasteiger partial charge in [-0.1, -0.05) is 60.7 Å². The summed E-state index contributed by atoms with van der Waals surface area (Å²) in [6.07, 6.45) is 1.48. The number of carboxylic acid groups (broad SMARTS) is 2. The van der Waals surface area contributed by atoms with Crippen molar-refractivity contribution in [2.45, 2.75) is 24.9 Å². The quantitative estimate of drug-likeness (QED) is 0.462. The lowest BCUT2D eigenvalue weighted by Gasteiger charge is -2.16. The van der Waals surface area contributed by atoms with Crippen LogP contribution in [0.4, 0.5) is 0 Å². The van der Waals surface area contributed by atoms with Gasteiger partial charge in [-0.25, -0.2) is 0 Å². The van der Waals surface area contributed by atoms with E-state index in [4.69, 9.17) is 0 Å². The highest BCUT2D eigenvalue weighted by Gasteiger charge is 2.19. The van der Waals surface area contributed by atoms with Crippen molar-refractivity contribution in [1.29, 1.82) is 0 Å². The zero-order valence-corrected chi connectivity index (χ0v) is 14.5. The summed E-state index contributed by atoms with van der Waals surface area (Å²) in [6.45, 7) is 1.08. The molecule has 2 aromatic carbocycles. The first-order chi connectivity index (χ1) is 12.6. The molecule has 4 N–H and O–H groups in total. The Morgan fingerprint density at radius 1 is 0.692 bits per heavy atom. The van der Waals surface area contributed by atoms with Gasteiger partial charge < -0.3 is 20.8 Å². The minimum atomic E-state index is -0.913. The van der Waals surface area contributed by atoms with Crippen LogP contribution < -0.4 is 10.6 Å². The van der Waals surface area contributed by atoms with Crippen LogP contribution in [-0.2, 0) is 9.59 Å². The molecule has 0 fully saturated rings. The van der Waals surface area contributed by atoms with Crippen LogP contribution in [0, 0.1) is 0 Å². The standard InChI is InChI=1S/C20H24N2O4/c23-19(24)17(15-9-3-1-4-10-15)21-13-7-8-14-22-18(20(25)26)16-11-5-2-6-12-16/h1-6,9-12,17-18,21-22H,7-8,13-14H2,(H,23,24)(H,25,26)/t17-,18-/m0/s1. The first kappa shape index (κ1) is 19.6.